The monoisotopic (exact) mass is 269 g/mol. The summed E-state index contributed by atoms with van der Waals surface area (Å²) < 4.78 is 10.5. The van der Waals surface area contributed by atoms with Crippen LogP contribution in [0, 0.1) is 0 Å². The third-order valence-corrected chi connectivity index (χ3v) is 3.15. The number of rotatable bonds is 4. The molecule has 1 aromatic carbocycles. The Morgan fingerprint density at radius 2 is 2.44 bits per heavy atom. The summed E-state index contributed by atoms with van der Waals surface area (Å²) in [6.45, 7) is 1.06. The SMILES string of the molecule is COc1ccc(Cl)cc1CNC(=O)C1CCCO1. The van der Waals surface area contributed by atoms with Crippen LogP contribution in [0.4, 0.5) is 0 Å². The van der Waals surface area contributed by atoms with Crippen molar-refractivity contribution >= 4 is 17.5 Å². The van der Waals surface area contributed by atoms with Crippen molar-refractivity contribution in [2.75, 3.05) is 13.7 Å². The second-order valence-corrected chi connectivity index (χ2v) is 4.61. The van der Waals surface area contributed by atoms with E-state index in [0.29, 0.717) is 23.9 Å². The minimum Gasteiger partial charge on any atom is -0.496 e. The molecular weight excluding hydrogens is 254 g/mol. The Morgan fingerprint density at radius 3 is 3.11 bits per heavy atom. The van der Waals surface area contributed by atoms with Crippen molar-refractivity contribution in [2.24, 2.45) is 0 Å². The molecular formula is C13H16ClNO3. The molecule has 0 aromatic heterocycles. The van der Waals surface area contributed by atoms with Gasteiger partial charge in [-0.1, -0.05) is 11.6 Å². The fraction of sp³-hybridized carbons (Fsp3) is 0.462. The number of nitrogens with one attached hydrogen (secondary N) is 1. The summed E-state index contributed by atoms with van der Waals surface area (Å²) in [4.78, 5) is 11.8. The number of carbonyl (C=O) groups is 1. The first-order valence-electron chi connectivity index (χ1n) is 5.92. The highest BCUT2D eigenvalue weighted by atomic mass is 35.5. The van der Waals surface area contributed by atoms with Crippen LogP contribution in [0.25, 0.3) is 0 Å². The fourth-order valence-electron chi connectivity index (χ4n) is 1.97. The average Bonchev–Trinajstić information content (AvgIpc) is 2.90. The summed E-state index contributed by atoms with van der Waals surface area (Å²) in [6, 6.07) is 5.33. The Bertz CT molecular complexity index is 430. The zero-order valence-electron chi connectivity index (χ0n) is 10.2. The van der Waals surface area contributed by atoms with Crippen LogP contribution in [0.2, 0.25) is 5.02 Å². The summed E-state index contributed by atoms with van der Waals surface area (Å²) in [6.07, 6.45) is 1.42. The minimum atomic E-state index is -0.310. The molecule has 0 aliphatic carbocycles. The van der Waals surface area contributed by atoms with Crippen LogP contribution in [0.15, 0.2) is 18.2 Å². The van der Waals surface area contributed by atoms with Crippen molar-refractivity contribution in [3.8, 4) is 5.75 Å². The van der Waals surface area contributed by atoms with Crippen molar-refractivity contribution in [1.82, 2.24) is 5.32 Å². The van der Waals surface area contributed by atoms with Gasteiger partial charge >= 0.3 is 0 Å². The summed E-state index contributed by atoms with van der Waals surface area (Å²) >= 11 is 5.92. The zero-order valence-corrected chi connectivity index (χ0v) is 11.0. The van der Waals surface area contributed by atoms with Crippen molar-refractivity contribution in [1.29, 1.82) is 0 Å². The Morgan fingerprint density at radius 1 is 1.61 bits per heavy atom. The highest BCUT2D eigenvalue weighted by Crippen LogP contribution is 2.22. The molecule has 1 aromatic rings. The van der Waals surface area contributed by atoms with E-state index in [0.717, 1.165) is 18.4 Å². The van der Waals surface area contributed by atoms with E-state index in [9.17, 15) is 4.79 Å². The highest BCUT2D eigenvalue weighted by molar-refractivity contribution is 6.30. The number of carbonyl (C=O) groups excluding carboxylic acids is 1. The van der Waals surface area contributed by atoms with Crippen molar-refractivity contribution in [3.63, 3.8) is 0 Å². The van der Waals surface area contributed by atoms with Gasteiger partial charge in [0.2, 0.25) is 5.91 Å². The maximum absolute atomic E-state index is 11.8. The van der Waals surface area contributed by atoms with Gasteiger partial charge < -0.3 is 14.8 Å². The molecule has 1 fully saturated rings. The number of amides is 1. The van der Waals surface area contributed by atoms with Gasteiger partial charge in [-0.25, -0.2) is 0 Å². The fourth-order valence-corrected chi connectivity index (χ4v) is 2.16. The molecule has 1 saturated heterocycles. The van der Waals surface area contributed by atoms with Crippen LogP contribution >= 0.6 is 11.6 Å². The lowest BCUT2D eigenvalue weighted by molar-refractivity contribution is -0.130. The first-order chi connectivity index (χ1) is 8.70. The predicted octanol–water partition coefficient (Wildman–Crippen LogP) is 2.14. The standard InChI is InChI=1S/C13H16ClNO3/c1-17-11-5-4-10(14)7-9(11)8-15-13(16)12-3-2-6-18-12/h4-5,7,12H,2-3,6,8H2,1H3,(H,15,16). The van der Waals surface area contributed by atoms with Crippen molar-refractivity contribution in [3.05, 3.63) is 28.8 Å². The third kappa shape index (κ3) is 3.15. The maximum Gasteiger partial charge on any atom is 0.249 e. The number of methoxy groups -OCH3 is 1. The summed E-state index contributed by atoms with van der Waals surface area (Å²) in [5.74, 6) is 0.640. The lowest BCUT2D eigenvalue weighted by Crippen LogP contribution is -2.33. The van der Waals surface area contributed by atoms with E-state index in [1.165, 1.54) is 0 Å². The van der Waals surface area contributed by atoms with E-state index in [-0.39, 0.29) is 12.0 Å². The molecule has 1 atom stereocenters. The Labute approximate surface area is 111 Å². The lowest BCUT2D eigenvalue weighted by atomic mass is 10.2. The molecule has 1 amide bonds. The molecule has 0 radical (unpaired) electrons. The molecule has 0 saturated carbocycles. The first kappa shape index (κ1) is 13.2. The number of hydrogen-bond donors (Lipinski definition) is 1. The van der Waals surface area contributed by atoms with Gasteiger partial charge in [0.15, 0.2) is 0 Å². The molecule has 1 aliphatic rings. The smallest absolute Gasteiger partial charge is 0.249 e. The Hall–Kier alpha value is -1.26. The van der Waals surface area contributed by atoms with Gasteiger partial charge in [-0.2, -0.15) is 0 Å². The van der Waals surface area contributed by atoms with Crippen LogP contribution in [-0.4, -0.2) is 25.7 Å². The van der Waals surface area contributed by atoms with Crippen molar-refractivity contribution < 1.29 is 14.3 Å². The van der Waals surface area contributed by atoms with Gasteiger partial charge in [-0.15, -0.1) is 0 Å². The quantitative estimate of drug-likeness (QED) is 0.911. The van der Waals surface area contributed by atoms with Crippen LogP contribution < -0.4 is 10.1 Å². The lowest BCUT2D eigenvalue weighted by Gasteiger charge is -2.12. The number of ether oxygens (including phenoxy) is 2. The Balaban J connectivity index is 1.96. The van der Waals surface area contributed by atoms with Crippen LogP contribution in [0.1, 0.15) is 18.4 Å². The molecule has 98 valence electrons. The predicted molar refractivity (Wildman–Crippen MR) is 68.8 cm³/mol. The van der Waals surface area contributed by atoms with Gasteiger partial charge in [-0.05, 0) is 31.0 Å². The van der Waals surface area contributed by atoms with Gasteiger partial charge in [0.25, 0.3) is 0 Å². The average molecular weight is 270 g/mol. The van der Waals surface area contributed by atoms with Crippen LogP contribution in [0.5, 0.6) is 5.75 Å². The summed E-state index contributed by atoms with van der Waals surface area (Å²) in [5, 5.41) is 3.46. The summed E-state index contributed by atoms with van der Waals surface area (Å²) in [7, 11) is 1.59. The normalized spacial score (nSPS) is 18.7. The topological polar surface area (TPSA) is 47.6 Å². The molecule has 18 heavy (non-hydrogen) atoms. The van der Waals surface area contributed by atoms with Gasteiger partial charge in [0, 0.05) is 23.7 Å². The largest absolute Gasteiger partial charge is 0.496 e. The van der Waals surface area contributed by atoms with E-state index in [4.69, 9.17) is 21.1 Å². The Kier molecular flexibility index (Phi) is 4.44. The molecule has 1 unspecified atom stereocenters. The van der Waals surface area contributed by atoms with Gasteiger partial charge in [-0.3, -0.25) is 4.79 Å². The van der Waals surface area contributed by atoms with E-state index in [1.807, 2.05) is 0 Å². The van der Waals surface area contributed by atoms with Gasteiger partial charge in [0.05, 0.1) is 7.11 Å². The highest BCUT2D eigenvalue weighted by Gasteiger charge is 2.23. The second-order valence-electron chi connectivity index (χ2n) is 4.18. The third-order valence-electron chi connectivity index (χ3n) is 2.92. The minimum absolute atomic E-state index is 0.0745. The van der Waals surface area contributed by atoms with E-state index >= 15 is 0 Å². The molecule has 4 nitrogen and oxygen atoms in total. The molecule has 0 bridgehead atoms. The first-order valence-corrected chi connectivity index (χ1v) is 6.30. The molecule has 1 heterocycles. The molecule has 0 spiro atoms. The van der Waals surface area contributed by atoms with Gasteiger partial charge in [0.1, 0.15) is 11.9 Å². The summed E-state index contributed by atoms with van der Waals surface area (Å²) in [5.41, 5.74) is 0.858. The molecule has 1 aliphatic heterocycles. The molecule has 5 heteroatoms. The zero-order chi connectivity index (χ0) is 13.0. The number of benzene rings is 1. The number of halogens is 1. The maximum atomic E-state index is 11.8. The van der Waals surface area contributed by atoms with Crippen LogP contribution in [0.3, 0.4) is 0 Å². The molecule has 2 rings (SSSR count). The van der Waals surface area contributed by atoms with E-state index < -0.39 is 0 Å². The molecule has 1 N–H and O–H groups in total. The van der Waals surface area contributed by atoms with E-state index in [1.54, 1.807) is 25.3 Å². The number of hydrogen-bond acceptors (Lipinski definition) is 3. The van der Waals surface area contributed by atoms with E-state index in [2.05, 4.69) is 5.32 Å². The van der Waals surface area contributed by atoms with Crippen LogP contribution in [-0.2, 0) is 16.1 Å². The second kappa shape index (κ2) is 6.07. The van der Waals surface area contributed by atoms with Crippen molar-refractivity contribution in [2.45, 2.75) is 25.5 Å².